The molecule has 0 radical (unpaired) electrons. The molecule has 1 aliphatic heterocycles. The first-order valence-corrected chi connectivity index (χ1v) is 9.92. The van der Waals surface area contributed by atoms with Crippen molar-refractivity contribution in [2.24, 2.45) is 5.92 Å². The number of nitrogens with one attached hydrogen (secondary N) is 1. The second-order valence-electron chi connectivity index (χ2n) is 7.56. The Morgan fingerprint density at radius 2 is 2.00 bits per heavy atom. The van der Waals surface area contributed by atoms with E-state index in [-0.39, 0.29) is 0 Å². The zero-order valence-corrected chi connectivity index (χ0v) is 16.1. The number of piperidine rings is 1. The van der Waals surface area contributed by atoms with Crippen LogP contribution in [0.1, 0.15) is 18.7 Å². The van der Waals surface area contributed by atoms with E-state index in [4.69, 9.17) is 14.7 Å². The molecule has 0 aliphatic carbocycles. The first-order valence-electron chi connectivity index (χ1n) is 9.92. The van der Waals surface area contributed by atoms with Crippen LogP contribution in [0.15, 0.2) is 54.6 Å². The van der Waals surface area contributed by atoms with Gasteiger partial charge in [-0.3, -0.25) is 0 Å². The highest BCUT2D eigenvalue weighted by Crippen LogP contribution is 2.29. The van der Waals surface area contributed by atoms with Gasteiger partial charge in [-0.15, -0.1) is 0 Å². The normalized spacial score (nSPS) is 17.3. The lowest BCUT2D eigenvalue weighted by Crippen LogP contribution is -2.36. The van der Waals surface area contributed by atoms with Gasteiger partial charge < -0.3 is 14.6 Å². The number of pyridine rings is 1. The van der Waals surface area contributed by atoms with Crippen molar-refractivity contribution < 1.29 is 4.74 Å². The molecule has 0 saturated carbocycles. The average molecular weight is 372 g/mol. The third-order valence-corrected chi connectivity index (χ3v) is 5.65. The van der Waals surface area contributed by atoms with E-state index in [1.165, 1.54) is 12.8 Å². The molecule has 28 heavy (non-hydrogen) atoms. The van der Waals surface area contributed by atoms with Crippen molar-refractivity contribution in [2.45, 2.75) is 19.3 Å². The average Bonchev–Trinajstić information content (AvgIpc) is 3.15. The van der Waals surface area contributed by atoms with E-state index < -0.39 is 0 Å². The predicted molar refractivity (Wildman–Crippen MR) is 113 cm³/mol. The molecule has 4 aromatic rings. The molecule has 0 unspecified atom stereocenters. The maximum absolute atomic E-state index is 5.51. The molecule has 3 heterocycles. The van der Waals surface area contributed by atoms with Crippen molar-refractivity contribution in [1.82, 2.24) is 15.0 Å². The number of rotatable bonds is 4. The number of aromatic amines is 1. The van der Waals surface area contributed by atoms with Crippen molar-refractivity contribution in [3.8, 4) is 5.75 Å². The van der Waals surface area contributed by atoms with Crippen molar-refractivity contribution >= 4 is 27.8 Å². The van der Waals surface area contributed by atoms with Crippen LogP contribution in [0.5, 0.6) is 5.75 Å². The zero-order chi connectivity index (χ0) is 18.9. The number of aromatic nitrogens is 3. The largest absolute Gasteiger partial charge is 0.494 e. The predicted octanol–water partition coefficient (Wildman–Crippen LogP) is 4.58. The van der Waals surface area contributed by atoms with Gasteiger partial charge in [0.05, 0.1) is 18.1 Å². The quantitative estimate of drug-likeness (QED) is 0.570. The molecular formula is C23H24N4O. The number of nitrogens with zero attached hydrogens (tertiary/aromatic N) is 3. The van der Waals surface area contributed by atoms with Gasteiger partial charge in [0.2, 0.25) is 0 Å². The number of H-pyrrole nitrogens is 1. The van der Waals surface area contributed by atoms with Crippen LogP contribution in [-0.2, 0) is 6.42 Å². The van der Waals surface area contributed by atoms with Gasteiger partial charge >= 0.3 is 0 Å². The third kappa shape index (κ3) is 3.17. The van der Waals surface area contributed by atoms with Gasteiger partial charge in [-0.05, 0) is 49.1 Å². The van der Waals surface area contributed by atoms with Crippen molar-refractivity contribution in [1.29, 1.82) is 0 Å². The summed E-state index contributed by atoms with van der Waals surface area (Å²) < 4.78 is 5.51. The van der Waals surface area contributed by atoms with E-state index in [9.17, 15) is 0 Å². The summed E-state index contributed by atoms with van der Waals surface area (Å²) in [6.45, 7) is 2.05. The monoisotopic (exact) mass is 372 g/mol. The smallest absolute Gasteiger partial charge is 0.145 e. The zero-order valence-electron chi connectivity index (χ0n) is 16.1. The molecule has 5 nitrogen and oxygen atoms in total. The van der Waals surface area contributed by atoms with E-state index in [1.807, 2.05) is 24.3 Å². The Kier molecular flexibility index (Phi) is 4.35. The topological polar surface area (TPSA) is 54.0 Å². The summed E-state index contributed by atoms with van der Waals surface area (Å²) in [6.07, 6.45) is 3.38. The van der Waals surface area contributed by atoms with Crippen LogP contribution >= 0.6 is 0 Å². The fraction of sp³-hybridized carbons (Fsp3) is 0.304. The lowest BCUT2D eigenvalue weighted by Gasteiger charge is -2.33. The standard InChI is InChI=1S/C23H24N4O/c1-28-20-10-4-7-17-11-12-22(26-23(17)20)27-13-5-6-16(15-27)14-21-24-18-8-2-3-9-19(18)25-21/h2-4,7-12,16H,5-6,13-15H2,1H3,(H,24,25)/t16-/m1/s1. The summed E-state index contributed by atoms with van der Waals surface area (Å²) in [5, 5.41) is 1.11. The van der Waals surface area contributed by atoms with Gasteiger partial charge in [-0.2, -0.15) is 0 Å². The van der Waals surface area contributed by atoms with E-state index in [1.54, 1.807) is 7.11 Å². The molecule has 0 amide bonds. The van der Waals surface area contributed by atoms with Crippen LogP contribution in [0.3, 0.4) is 0 Å². The fourth-order valence-electron chi connectivity index (χ4n) is 4.27. The molecule has 5 heteroatoms. The number of anilines is 1. The second-order valence-corrected chi connectivity index (χ2v) is 7.56. The summed E-state index contributed by atoms with van der Waals surface area (Å²) in [4.78, 5) is 15.6. The molecule has 5 rings (SSSR count). The van der Waals surface area contributed by atoms with E-state index in [0.717, 1.165) is 58.8 Å². The van der Waals surface area contributed by atoms with Crippen LogP contribution in [0.2, 0.25) is 0 Å². The first kappa shape index (κ1) is 17.0. The molecule has 2 aromatic heterocycles. The SMILES string of the molecule is COc1cccc2ccc(N3CCC[C@H](Cc4nc5ccccc5[nH]4)C3)nc12. The molecule has 1 N–H and O–H groups in total. The number of imidazole rings is 1. The maximum atomic E-state index is 5.51. The number of benzene rings is 2. The van der Waals surface area contributed by atoms with Gasteiger partial charge in [0.25, 0.3) is 0 Å². The van der Waals surface area contributed by atoms with Gasteiger partial charge in [-0.25, -0.2) is 9.97 Å². The number of methoxy groups -OCH3 is 1. The van der Waals surface area contributed by atoms with Crippen LogP contribution in [0.25, 0.3) is 21.9 Å². The first-order chi connectivity index (χ1) is 13.8. The number of ether oxygens (including phenoxy) is 1. The van der Waals surface area contributed by atoms with Gasteiger partial charge in [0.1, 0.15) is 22.9 Å². The summed E-state index contributed by atoms with van der Waals surface area (Å²) in [7, 11) is 1.70. The van der Waals surface area contributed by atoms with Gasteiger partial charge in [-0.1, -0.05) is 24.3 Å². The van der Waals surface area contributed by atoms with Crippen LogP contribution in [0.4, 0.5) is 5.82 Å². The molecule has 0 spiro atoms. The molecule has 142 valence electrons. The highest BCUT2D eigenvalue weighted by Gasteiger charge is 2.22. The number of hydrogen-bond donors (Lipinski definition) is 1. The summed E-state index contributed by atoms with van der Waals surface area (Å²) in [6, 6.07) is 18.6. The summed E-state index contributed by atoms with van der Waals surface area (Å²) >= 11 is 0. The van der Waals surface area contributed by atoms with Crippen molar-refractivity contribution in [3.63, 3.8) is 0 Å². The van der Waals surface area contributed by atoms with E-state index in [2.05, 4.69) is 40.2 Å². The molecular weight excluding hydrogens is 348 g/mol. The minimum Gasteiger partial charge on any atom is -0.494 e. The highest BCUT2D eigenvalue weighted by molar-refractivity contribution is 5.86. The molecule has 1 atom stereocenters. The maximum Gasteiger partial charge on any atom is 0.145 e. The summed E-state index contributed by atoms with van der Waals surface area (Å²) in [5.74, 6) is 3.52. The Morgan fingerprint density at radius 3 is 2.89 bits per heavy atom. The van der Waals surface area contributed by atoms with E-state index in [0.29, 0.717) is 5.92 Å². The van der Waals surface area contributed by atoms with Crippen molar-refractivity contribution in [2.75, 3.05) is 25.1 Å². The molecule has 2 aromatic carbocycles. The van der Waals surface area contributed by atoms with Gasteiger partial charge in [0, 0.05) is 24.9 Å². The fourth-order valence-corrected chi connectivity index (χ4v) is 4.27. The van der Waals surface area contributed by atoms with Crippen molar-refractivity contribution in [3.05, 3.63) is 60.4 Å². The Balaban J connectivity index is 1.37. The van der Waals surface area contributed by atoms with Crippen LogP contribution in [0, 0.1) is 5.92 Å². The Morgan fingerprint density at radius 1 is 1.07 bits per heavy atom. The number of para-hydroxylation sites is 3. The summed E-state index contributed by atoms with van der Waals surface area (Å²) in [5.41, 5.74) is 3.10. The van der Waals surface area contributed by atoms with Crippen LogP contribution in [-0.4, -0.2) is 35.2 Å². The lowest BCUT2D eigenvalue weighted by molar-refractivity contribution is 0.405. The molecule has 0 bridgehead atoms. The molecule has 1 fully saturated rings. The van der Waals surface area contributed by atoms with Gasteiger partial charge in [0.15, 0.2) is 0 Å². The highest BCUT2D eigenvalue weighted by atomic mass is 16.5. The Hall–Kier alpha value is -3.08. The van der Waals surface area contributed by atoms with E-state index >= 15 is 0 Å². The number of hydrogen-bond acceptors (Lipinski definition) is 4. The molecule has 1 saturated heterocycles. The lowest BCUT2D eigenvalue weighted by atomic mass is 9.94. The third-order valence-electron chi connectivity index (χ3n) is 5.65. The Labute approximate surface area is 164 Å². The number of fused-ring (bicyclic) bond motifs is 2. The minimum atomic E-state index is 0.574. The van der Waals surface area contributed by atoms with Crippen LogP contribution < -0.4 is 9.64 Å². The minimum absolute atomic E-state index is 0.574. The molecule has 1 aliphatic rings. The Bertz CT molecular complexity index is 1090. The second kappa shape index (κ2) is 7.15.